The van der Waals surface area contributed by atoms with E-state index in [2.05, 4.69) is 16.6 Å². The second kappa shape index (κ2) is 6.57. The first-order valence-corrected chi connectivity index (χ1v) is 9.48. The van der Waals surface area contributed by atoms with Gasteiger partial charge in [0.05, 0.1) is 5.69 Å². The first kappa shape index (κ1) is 16.6. The molecule has 4 nitrogen and oxygen atoms in total. The van der Waals surface area contributed by atoms with E-state index in [1.165, 1.54) is 43.4 Å². The van der Waals surface area contributed by atoms with Gasteiger partial charge in [-0.2, -0.15) is 11.8 Å². The van der Waals surface area contributed by atoms with Gasteiger partial charge in [-0.25, -0.2) is 4.98 Å². The number of carboxylic acids is 1. The zero-order valence-electron chi connectivity index (χ0n) is 12.9. The molecule has 21 heavy (non-hydrogen) atoms. The molecule has 1 aromatic heterocycles. The van der Waals surface area contributed by atoms with Crippen LogP contribution in [0.2, 0.25) is 0 Å². The molecule has 0 amide bonds. The molecular weight excluding hydrogens is 304 g/mol. The number of carboxylic acid groups (broad SMARTS) is 1. The molecule has 1 fully saturated rings. The summed E-state index contributed by atoms with van der Waals surface area (Å²) in [4.78, 5) is 15.7. The van der Waals surface area contributed by atoms with Gasteiger partial charge in [0.25, 0.3) is 0 Å². The average molecular weight is 329 g/mol. The Bertz CT molecular complexity index is 494. The van der Waals surface area contributed by atoms with Crippen LogP contribution in [0.3, 0.4) is 0 Å². The molecule has 1 aliphatic rings. The number of carbonyl (C=O) groups is 1. The first-order chi connectivity index (χ1) is 9.89. The van der Waals surface area contributed by atoms with Crippen molar-refractivity contribution >= 4 is 34.2 Å². The van der Waals surface area contributed by atoms with Crippen molar-refractivity contribution in [1.82, 2.24) is 4.98 Å². The highest BCUT2D eigenvalue weighted by molar-refractivity contribution is 8.00. The van der Waals surface area contributed by atoms with Crippen LogP contribution in [-0.4, -0.2) is 33.6 Å². The van der Waals surface area contributed by atoms with Gasteiger partial charge in [0, 0.05) is 16.7 Å². The van der Waals surface area contributed by atoms with Crippen LogP contribution in [0, 0.1) is 0 Å². The molecule has 118 valence electrons. The van der Waals surface area contributed by atoms with Crippen LogP contribution in [0.5, 0.6) is 0 Å². The van der Waals surface area contributed by atoms with Gasteiger partial charge in [0.2, 0.25) is 0 Å². The minimum atomic E-state index is -0.932. The lowest BCUT2D eigenvalue weighted by Gasteiger charge is -2.35. The van der Waals surface area contributed by atoms with Crippen LogP contribution in [-0.2, 0) is 10.2 Å². The number of rotatable bonds is 6. The molecule has 0 aromatic carbocycles. The standard InChI is InChI=1S/C15H24N2O2S2/c1-14(2,12(18)19)11-9-21-13(17-11)16-10-15(20-3)7-5-4-6-8-15/h9H,4-8,10H2,1-3H3,(H,16,17)(H,18,19). The maximum atomic E-state index is 11.3. The molecule has 1 heterocycles. The number of anilines is 1. The molecule has 1 aliphatic carbocycles. The minimum Gasteiger partial charge on any atom is -0.481 e. The molecule has 0 spiro atoms. The summed E-state index contributed by atoms with van der Waals surface area (Å²) in [5, 5.41) is 15.4. The third kappa shape index (κ3) is 3.72. The number of thiazole rings is 1. The van der Waals surface area contributed by atoms with Crippen molar-refractivity contribution in [2.75, 3.05) is 18.1 Å². The van der Waals surface area contributed by atoms with Crippen molar-refractivity contribution in [3.63, 3.8) is 0 Å². The lowest BCUT2D eigenvalue weighted by atomic mass is 9.88. The summed E-state index contributed by atoms with van der Waals surface area (Å²) < 4.78 is 0.312. The minimum absolute atomic E-state index is 0.312. The zero-order chi connectivity index (χ0) is 15.5. The Morgan fingerprint density at radius 1 is 1.48 bits per heavy atom. The Morgan fingerprint density at radius 3 is 2.71 bits per heavy atom. The number of aromatic nitrogens is 1. The Hall–Kier alpha value is -0.750. The van der Waals surface area contributed by atoms with Gasteiger partial charge in [-0.1, -0.05) is 19.3 Å². The van der Waals surface area contributed by atoms with E-state index in [9.17, 15) is 9.90 Å². The van der Waals surface area contributed by atoms with Crippen LogP contribution in [0.4, 0.5) is 5.13 Å². The number of nitrogens with zero attached hydrogens (tertiary/aromatic N) is 1. The van der Waals surface area contributed by atoms with Crippen molar-refractivity contribution in [1.29, 1.82) is 0 Å². The lowest BCUT2D eigenvalue weighted by Crippen LogP contribution is -2.35. The zero-order valence-corrected chi connectivity index (χ0v) is 14.6. The Kier molecular flexibility index (Phi) is 5.20. The fourth-order valence-electron chi connectivity index (χ4n) is 2.64. The summed E-state index contributed by atoms with van der Waals surface area (Å²) >= 11 is 3.45. The SMILES string of the molecule is CSC1(CNc2nc(C(C)(C)C(=O)O)cs2)CCCCC1. The highest BCUT2D eigenvalue weighted by atomic mass is 32.2. The molecular formula is C15H24N2O2S2. The van der Waals surface area contributed by atoms with Crippen LogP contribution in [0.25, 0.3) is 0 Å². The Balaban J connectivity index is 2.01. The molecule has 1 aromatic rings. The molecule has 0 bridgehead atoms. The third-order valence-corrected chi connectivity index (χ3v) is 6.66. The number of thioether (sulfide) groups is 1. The fourth-order valence-corrected chi connectivity index (χ4v) is 4.43. The predicted molar refractivity (Wildman–Crippen MR) is 90.6 cm³/mol. The second-order valence-electron chi connectivity index (χ2n) is 6.27. The molecule has 2 N–H and O–H groups in total. The fraction of sp³-hybridized carbons (Fsp3) is 0.733. The molecule has 6 heteroatoms. The maximum absolute atomic E-state index is 11.3. The monoisotopic (exact) mass is 328 g/mol. The van der Waals surface area contributed by atoms with Gasteiger partial charge >= 0.3 is 5.97 Å². The van der Waals surface area contributed by atoms with Gasteiger partial charge in [-0.15, -0.1) is 11.3 Å². The number of hydrogen-bond donors (Lipinski definition) is 2. The van der Waals surface area contributed by atoms with E-state index in [1.807, 2.05) is 17.1 Å². The molecule has 2 rings (SSSR count). The third-order valence-electron chi connectivity index (χ3n) is 4.44. The van der Waals surface area contributed by atoms with Crippen LogP contribution >= 0.6 is 23.1 Å². The van der Waals surface area contributed by atoms with E-state index in [-0.39, 0.29) is 0 Å². The first-order valence-electron chi connectivity index (χ1n) is 7.38. The van der Waals surface area contributed by atoms with Gasteiger partial charge < -0.3 is 10.4 Å². The van der Waals surface area contributed by atoms with E-state index in [4.69, 9.17) is 0 Å². The van der Waals surface area contributed by atoms with E-state index < -0.39 is 11.4 Å². The second-order valence-corrected chi connectivity index (χ2v) is 8.40. The molecule has 0 atom stereocenters. The van der Waals surface area contributed by atoms with Crippen molar-refractivity contribution in [3.8, 4) is 0 Å². The smallest absolute Gasteiger partial charge is 0.315 e. The summed E-state index contributed by atoms with van der Waals surface area (Å²) in [5.74, 6) is -0.841. The van der Waals surface area contributed by atoms with Crippen molar-refractivity contribution in [3.05, 3.63) is 11.1 Å². The van der Waals surface area contributed by atoms with E-state index in [0.717, 1.165) is 11.7 Å². The Morgan fingerprint density at radius 2 is 2.14 bits per heavy atom. The molecule has 0 radical (unpaired) electrons. The van der Waals surface area contributed by atoms with Crippen molar-refractivity contribution in [2.45, 2.75) is 56.1 Å². The molecule has 1 saturated carbocycles. The highest BCUT2D eigenvalue weighted by Crippen LogP contribution is 2.39. The van der Waals surface area contributed by atoms with Crippen molar-refractivity contribution in [2.24, 2.45) is 0 Å². The lowest BCUT2D eigenvalue weighted by molar-refractivity contribution is -0.142. The van der Waals surface area contributed by atoms with E-state index in [1.54, 1.807) is 13.8 Å². The van der Waals surface area contributed by atoms with E-state index >= 15 is 0 Å². The number of aliphatic carboxylic acids is 1. The van der Waals surface area contributed by atoms with Crippen LogP contribution in [0.1, 0.15) is 51.6 Å². The maximum Gasteiger partial charge on any atom is 0.315 e. The van der Waals surface area contributed by atoms with Crippen LogP contribution < -0.4 is 5.32 Å². The topological polar surface area (TPSA) is 62.2 Å². The number of nitrogens with one attached hydrogen (secondary N) is 1. The Labute approximate surface area is 134 Å². The number of hydrogen-bond acceptors (Lipinski definition) is 5. The van der Waals surface area contributed by atoms with Gasteiger partial charge in [0.15, 0.2) is 5.13 Å². The predicted octanol–water partition coefficient (Wildman–Crippen LogP) is 3.98. The summed E-state index contributed by atoms with van der Waals surface area (Å²) in [6.45, 7) is 4.30. The molecule has 0 aliphatic heterocycles. The summed E-state index contributed by atoms with van der Waals surface area (Å²) in [7, 11) is 0. The summed E-state index contributed by atoms with van der Waals surface area (Å²) in [6, 6.07) is 0. The molecule has 0 saturated heterocycles. The van der Waals surface area contributed by atoms with Gasteiger partial charge in [-0.3, -0.25) is 4.79 Å². The normalized spacial score (nSPS) is 18.4. The summed E-state index contributed by atoms with van der Waals surface area (Å²) in [6.07, 6.45) is 8.64. The van der Waals surface area contributed by atoms with E-state index in [0.29, 0.717) is 10.4 Å². The largest absolute Gasteiger partial charge is 0.481 e. The average Bonchev–Trinajstić information content (AvgIpc) is 2.95. The summed E-state index contributed by atoms with van der Waals surface area (Å²) in [5.41, 5.74) is -0.303. The van der Waals surface area contributed by atoms with Gasteiger partial charge in [0.1, 0.15) is 5.41 Å². The molecule has 0 unspecified atom stereocenters. The van der Waals surface area contributed by atoms with Crippen molar-refractivity contribution < 1.29 is 9.90 Å². The van der Waals surface area contributed by atoms with Gasteiger partial charge in [-0.05, 0) is 32.9 Å². The highest BCUT2D eigenvalue weighted by Gasteiger charge is 2.33. The van der Waals surface area contributed by atoms with Crippen LogP contribution in [0.15, 0.2) is 5.38 Å². The quantitative estimate of drug-likeness (QED) is 0.827.